The molecule has 10 nitrogen and oxygen atoms in total. The minimum atomic E-state index is -0.648. The summed E-state index contributed by atoms with van der Waals surface area (Å²) in [5.41, 5.74) is 8.44. The van der Waals surface area contributed by atoms with Crippen LogP contribution in [0.5, 0.6) is 5.75 Å². The van der Waals surface area contributed by atoms with Crippen LogP contribution in [0.1, 0.15) is 29.2 Å². The molecular weight excluding hydrogens is 412 g/mol. The van der Waals surface area contributed by atoms with Crippen molar-refractivity contribution in [2.24, 2.45) is 5.73 Å². The SMILES string of the molecule is COc1c(Nc2cc(NC=O)ncc2C(N)=O)cccc1-c1cnn(C2CCOCC2)c1. The highest BCUT2D eigenvalue weighted by atomic mass is 16.5. The molecule has 32 heavy (non-hydrogen) atoms. The summed E-state index contributed by atoms with van der Waals surface area (Å²) in [7, 11) is 1.58. The van der Waals surface area contributed by atoms with Crippen molar-refractivity contribution in [3.8, 4) is 16.9 Å². The lowest BCUT2D eigenvalue weighted by Crippen LogP contribution is -2.19. The summed E-state index contributed by atoms with van der Waals surface area (Å²) in [6.45, 7) is 1.47. The normalized spacial score (nSPS) is 14.0. The van der Waals surface area contributed by atoms with Gasteiger partial charge < -0.3 is 25.8 Å². The van der Waals surface area contributed by atoms with E-state index in [-0.39, 0.29) is 11.4 Å². The van der Waals surface area contributed by atoms with E-state index in [0.29, 0.717) is 29.6 Å². The first-order valence-electron chi connectivity index (χ1n) is 10.2. The Morgan fingerprint density at radius 2 is 2.09 bits per heavy atom. The van der Waals surface area contributed by atoms with E-state index in [9.17, 15) is 9.59 Å². The molecule has 1 saturated heterocycles. The zero-order valence-electron chi connectivity index (χ0n) is 17.6. The summed E-state index contributed by atoms with van der Waals surface area (Å²) >= 11 is 0. The number of nitrogens with one attached hydrogen (secondary N) is 2. The average molecular weight is 436 g/mol. The smallest absolute Gasteiger partial charge is 0.252 e. The average Bonchev–Trinajstić information content (AvgIpc) is 3.30. The van der Waals surface area contributed by atoms with E-state index in [4.69, 9.17) is 15.2 Å². The molecule has 1 aliphatic rings. The van der Waals surface area contributed by atoms with Crippen LogP contribution in [-0.2, 0) is 9.53 Å². The number of rotatable bonds is 8. The maximum absolute atomic E-state index is 11.9. The van der Waals surface area contributed by atoms with Gasteiger partial charge in [-0.25, -0.2) is 4.98 Å². The number of hydrogen-bond donors (Lipinski definition) is 3. The van der Waals surface area contributed by atoms with Crippen LogP contribution in [-0.4, -0.2) is 47.4 Å². The number of anilines is 3. The second kappa shape index (κ2) is 9.48. The predicted molar refractivity (Wildman–Crippen MR) is 119 cm³/mol. The first-order chi connectivity index (χ1) is 15.6. The van der Waals surface area contributed by atoms with Gasteiger partial charge in [0.15, 0.2) is 0 Å². The van der Waals surface area contributed by atoms with Crippen LogP contribution in [0, 0.1) is 0 Å². The molecule has 4 N–H and O–H groups in total. The van der Waals surface area contributed by atoms with E-state index in [1.165, 1.54) is 12.3 Å². The lowest BCUT2D eigenvalue weighted by atomic mass is 10.1. The monoisotopic (exact) mass is 436 g/mol. The molecular formula is C22H24N6O4. The minimum absolute atomic E-state index is 0.182. The van der Waals surface area contributed by atoms with Gasteiger partial charge in [-0.3, -0.25) is 14.3 Å². The zero-order chi connectivity index (χ0) is 22.5. The summed E-state index contributed by atoms with van der Waals surface area (Å²) in [5.74, 6) is 0.210. The summed E-state index contributed by atoms with van der Waals surface area (Å²) in [6, 6.07) is 7.48. The van der Waals surface area contributed by atoms with Crippen molar-refractivity contribution in [1.29, 1.82) is 0 Å². The van der Waals surface area contributed by atoms with Crippen molar-refractivity contribution in [3.63, 3.8) is 0 Å². The van der Waals surface area contributed by atoms with Crippen molar-refractivity contribution in [1.82, 2.24) is 14.8 Å². The number of pyridine rings is 1. The van der Waals surface area contributed by atoms with E-state index in [2.05, 4.69) is 20.7 Å². The Hall–Kier alpha value is -3.92. The van der Waals surface area contributed by atoms with Crippen molar-refractivity contribution in [2.45, 2.75) is 18.9 Å². The van der Waals surface area contributed by atoms with E-state index < -0.39 is 5.91 Å². The molecule has 1 fully saturated rings. The molecule has 0 spiro atoms. The second-order valence-corrected chi connectivity index (χ2v) is 7.31. The molecule has 4 rings (SSSR count). The van der Waals surface area contributed by atoms with Gasteiger partial charge in [-0.05, 0) is 18.9 Å². The second-order valence-electron chi connectivity index (χ2n) is 7.31. The number of carbonyl (C=O) groups is 2. The Labute approximate surface area is 184 Å². The predicted octanol–water partition coefficient (Wildman–Crippen LogP) is 2.72. The Kier molecular flexibility index (Phi) is 6.31. The molecule has 0 bridgehead atoms. The molecule has 2 amide bonds. The summed E-state index contributed by atoms with van der Waals surface area (Å²) in [6.07, 6.45) is 7.48. The van der Waals surface area contributed by atoms with Gasteiger partial charge in [0.1, 0.15) is 11.6 Å². The number of nitrogens with two attached hydrogens (primary N) is 1. The van der Waals surface area contributed by atoms with Crippen LogP contribution in [0.15, 0.2) is 42.9 Å². The van der Waals surface area contributed by atoms with E-state index >= 15 is 0 Å². The highest BCUT2D eigenvalue weighted by Gasteiger charge is 2.19. The lowest BCUT2D eigenvalue weighted by molar-refractivity contribution is -0.105. The van der Waals surface area contributed by atoms with Crippen molar-refractivity contribution < 1.29 is 19.1 Å². The zero-order valence-corrected chi connectivity index (χ0v) is 17.6. The quantitative estimate of drug-likeness (QED) is 0.462. The number of carbonyl (C=O) groups excluding carboxylic acids is 2. The fraction of sp³-hybridized carbons (Fsp3) is 0.273. The van der Waals surface area contributed by atoms with Gasteiger partial charge in [0, 0.05) is 42.8 Å². The van der Waals surface area contributed by atoms with Crippen LogP contribution >= 0.6 is 0 Å². The number of benzene rings is 1. The molecule has 0 aliphatic carbocycles. The van der Waals surface area contributed by atoms with Crippen LogP contribution in [0.4, 0.5) is 17.2 Å². The molecule has 166 valence electrons. The number of amides is 2. The summed E-state index contributed by atoms with van der Waals surface area (Å²) in [5, 5.41) is 10.2. The standard InChI is InChI=1S/C22H24N6O4/c1-31-21-16(14-10-26-28(12-14)15-5-7-32-8-6-15)3-2-4-18(21)27-19-9-20(25-13-29)24-11-17(19)22(23)30/h2-4,9-13,15H,5-8H2,1H3,(H2,23,30)(H2,24,25,27,29). The number of methoxy groups -OCH3 is 1. The first kappa shape index (κ1) is 21.3. The molecule has 0 radical (unpaired) electrons. The van der Waals surface area contributed by atoms with Crippen molar-refractivity contribution in [2.75, 3.05) is 31.0 Å². The van der Waals surface area contributed by atoms with E-state index in [1.54, 1.807) is 7.11 Å². The van der Waals surface area contributed by atoms with Crippen molar-refractivity contribution >= 4 is 29.5 Å². The Morgan fingerprint density at radius 3 is 2.81 bits per heavy atom. The topological polar surface area (TPSA) is 133 Å². The van der Waals surface area contributed by atoms with Gasteiger partial charge in [0.25, 0.3) is 5.91 Å². The van der Waals surface area contributed by atoms with E-state index in [1.807, 2.05) is 35.3 Å². The Balaban J connectivity index is 1.68. The highest BCUT2D eigenvalue weighted by Crippen LogP contribution is 2.39. The maximum atomic E-state index is 11.9. The molecule has 3 aromatic rings. The molecule has 10 heteroatoms. The fourth-order valence-corrected chi connectivity index (χ4v) is 3.75. The Bertz CT molecular complexity index is 1120. The third-order valence-corrected chi connectivity index (χ3v) is 5.34. The lowest BCUT2D eigenvalue weighted by Gasteiger charge is -2.22. The number of aromatic nitrogens is 3. The van der Waals surface area contributed by atoms with Crippen LogP contribution in [0.3, 0.4) is 0 Å². The Morgan fingerprint density at radius 1 is 1.28 bits per heavy atom. The fourth-order valence-electron chi connectivity index (χ4n) is 3.75. The number of nitrogens with zero attached hydrogens (tertiary/aromatic N) is 3. The summed E-state index contributed by atoms with van der Waals surface area (Å²) < 4.78 is 13.1. The molecule has 1 aliphatic heterocycles. The first-order valence-corrected chi connectivity index (χ1v) is 10.2. The highest BCUT2D eigenvalue weighted by molar-refractivity contribution is 6.00. The summed E-state index contributed by atoms with van der Waals surface area (Å²) in [4.78, 5) is 26.7. The maximum Gasteiger partial charge on any atom is 0.252 e. The third kappa shape index (κ3) is 4.40. The van der Waals surface area contributed by atoms with Crippen molar-refractivity contribution in [3.05, 3.63) is 48.4 Å². The van der Waals surface area contributed by atoms with Gasteiger partial charge >= 0.3 is 0 Å². The minimum Gasteiger partial charge on any atom is -0.494 e. The van der Waals surface area contributed by atoms with Gasteiger partial charge in [-0.15, -0.1) is 0 Å². The van der Waals surface area contributed by atoms with E-state index in [0.717, 1.165) is 37.2 Å². The van der Waals surface area contributed by atoms with Gasteiger partial charge in [-0.2, -0.15) is 5.10 Å². The van der Waals surface area contributed by atoms with Crippen LogP contribution in [0.25, 0.3) is 11.1 Å². The number of hydrogen-bond acceptors (Lipinski definition) is 7. The molecule has 2 aromatic heterocycles. The van der Waals surface area contributed by atoms with Gasteiger partial charge in [0.05, 0.1) is 36.3 Å². The van der Waals surface area contributed by atoms with Crippen LogP contribution in [0.2, 0.25) is 0 Å². The van der Waals surface area contributed by atoms with Crippen LogP contribution < -0.4 is 21.1 Å². The van der Waals surface area contributed by atoms with Gasteiger partial charge in [0.2, 0.25) is 6.41 Å². The largest absolute Gasteiger partial charge is 0.494 e. The van der Waals surface area contributed by atoms with Gasteiger partial charge in [-0.1, -0.05) is 12.1 Å². The molecule has 0 saturated carbocycles. The molecule has 1 aromatic carbocycles. The molecule has 0 unspecified atom stereocenters. The third-order valence-electron chi connectivity index (χ3n) is 5.34. The number of para-hydroxylation sites is 1. The number of primary amides is 1. The molecule has 0 atom stereocenters. The number of ether oxygens (including phenoxy) is 2. The molecule has 3 heterocycles.